The van der Waals surface area contributed by atoms with Gasteiger partial charge in [-0.05, 0) is 43.7 Å². The summed E-state index contributed by atoms with van der Waals surface area (Å²) >= 11 is 0. The SMILES string of the molecule is CC(C)(C(=O)c1ccccc1)c1ccccn1.CC(C)(c1ccccn1)C(N)c1ccccc1. The first-order chi connectivity index (χ1) is 16.2. The maximum atomic E-state index is 12.4. The van der Waals surface area contributed by atoms with Gasteiger partial charge in [0, 0.05) is 35.1 Å². The zero-order valence-electron chi connectivity index (χ0n) is 20.3. The highest BCUT2D eigenvalue weighted by molar-refractivity contribution is 6.03. The molecule has 4 aromatic rings. The van der Waals surface area contributed by atoms with Crippen LogP contribution in [0.4, 0.5) is 0 Å². The lowest BCUT2D eigenvalue weighted by Crippen LogP contribution is -2.33. The number of carbonyl (C=O) groups excluding carboxylic acids is 1. The number of benzene rings is 2. The Labute approximate surface area is 202 Å². The third kappa shape index (κ3) is 5.83. The van der Waals surface area contributed by atoms with Crippen LogP contribution < -0.4 is 5.73 Å². The van der Waals surface area contributed by atoms with E-state index in [2.05, 4.69) is 35.9 Å². The van der Waals surface area contributed by atoms with Gasteiger partial charge in [0.1, 0.15) is 0 Å². The predicted molar refractivity (Wildman–Crippen MR) is 139 cm³/mol. The summed E-state index contributed by atoms with van der Waals surface area (Å²) in [6, 6.07) is 31.1. The molecule has 1 unspecified atom stereocenters. The number of Topliss-reactive ketones (excluding diaryl/α,β-unsaturated/α-hetero) is 1. The minimum Gasteiger partial charge on any atom is -0.323 e. The molecule has 2 aromatic heterocycles. The number of nitrogens with two attached hydrogens (primary N) is 1. The molecule has 0 radical (unpaired) electrons. The molecule has 4 heteroatoms. The van der Waals surface area contributed by atoms with E-state index in [9.17, 15) is 4.79 Å². The number of ketones is 1. The molecular weight excluding hydrogens is 418 g/mol. The zero-order valence-corrected chi connectivity index (χ0v) is 20.3. The normalized spacial score (nSPS) is 12.3. The molecule has 1 atom stereocenters. The molecule has 2 aromatic carbocycles. The van der Waals surface area contributed by atoms with Gasteiger partial charge in [-0.25, -0.2) is 0 Å². The van der Waals surface area contributed by atoms with Crippen molar-refractivity contribution in [1.29, 1.82) is 0 Å². The maximum Gasteiger partial charge on any atom is 0.174 e. The smallest absolute Gasteiger partial charge is 0.174 e. The third-order valence-electron chi connectivity index (χ3n) is 6.17. The second-order valence-electron chi connectivity index (χ2n) is 9.36. The molecule has 0 bridgehead atoms. The first-order valence-corrected chi connectivity index (χ1v) is 11.5. The Morgan fingerprint density at radius 2 is 1.15 bits per heavy atom. The molecule has 2 N–H and O–H groups in total. The summed E-state index contributed by atoms with van der Waals surface area (Å²) in [6.45, 7) is 8.08. The topological polar surface area (TPSA) is 68.9 Å². The fourth-order valence-corrected chi connectivity index (χ4v) is 3.78. The van der Waals surface area contributed by atoms with Crippen LogP contribution in [0.25, 0.3) is 0 Å². The van der Waals surface area contributed by atoms with Gasteiger partial charge >= 0.3 is 0 Å². The van der Waals surface area contributed by atoms with Crippen molar-refractivity contribution in [3.8, 4) is 0 Å². The number of nitrogens with zero attached hydrogens (tertiary/aromatic N) is 2. The van der Waals surface area contributed by atoms with Crippen molar-refractivity contribution < 1.29 is 4.79 Å². The minimum atomic E-state index is -0.595. The Kier molecular flexibility index (Phi) is 8.08. The standard InChI is InChI=1S/C15H18N2.C15H15NO/c1-15(2,13-10-6-7-11-17-13)14(16)12-8-4-3-5-9-12;1-15(2,13-10-6-7-11-16-13)14(17)12-8-4-3-5-9-12/h3-11,14H,16H2,1-2H3;3-11H,1-2H3. The van der Waals surface area contributed by atoms with Crippen molar-refractivity contribution >= 4 is 5.78 Å². The van der Waals surface area contributed by atoms with Crippen LogP contribution in [0.2, 0.25) is 0 Å². The van der Waals surface area contributed by atoms with E-state index in [0.717, 1.165) is 22.5 Å². The van der Waals surface area contributed by atoms with E-state index >= 15 is 0 Å². The van der Waals surface area contributed by atoms with Crippen LogP contribution in [-0.2, 0) is 10.8 Å². The number of carbonyl (C=O) groups is 1. The molecule has 34 heavy (non-hydrogen) atoms. The van der Waals surface area contributed by atoms with E-state index in [0.29, 0.717) is 0 Å². The lowest BCUT2D eigenvalue weighted by Gasteiger charge is -2.31. The summed E-state index contributed by atoms with van der Waals surface area (Å²) < 4.78 is 0. The summed E-state index contributed by atoms with van der Waals surface area (Å²) in [4.78, 5) is 21.1. The molecule has 0 aliphatic carbocycles. The fraction of sp³-hybridized carbons (Fsp3) is 0.233. The van der Waals surface area contributed by atoms with Crippen molar-refractivity contribution in [2.45, 2.75) is 44.6 Å². The Morgan fingerprint density at radius 3 is 1.65 bits per heavy atom. The molecule has 174 valence electrons. The maximum absolute atomic E-state index is 12.4. The van der Waals surface area contributed by atoms with Crippen LogP contribution in [0.1, 0.15) is 61.0 Å². The number of rotatable bonds is 6. The van der Waals surface area contributed by atoms with Crippen LogP contribution >= 0.6 is 0 Å². The average Bonchev–Trinajstić information content (AvgIpc) is 2.90. The second kappa shape index (κ2) is 11.0. The second-order valence-corrected chi connectivity index (χ2v) is 9.36. The molecule has 0 aliphatic heterocycles. The molecule has 0 aliphatic rings. The van der Waals surface area contributed by atoms with Gasteiger partial charge in [0.15, 0.2) is 5.78 Å². The van der Waals surface area contributed by atoms with Crippen molar-refractivity contribution in [2.24, 2.45) is 5.73 Å². The van der Waals surface area contributed by atoms with Gasteiger partial charge in [-0.1, -0.05) is 86.6 Å². The van der Waals surface area contributed by atoms with E-state index in [-0.39, 0.29) is 17.2 Å². The Morgan fingerprint density at radius 1 is 0.676 bits per heavy atom. The number of pyridine rings is 2. The highest BCUT2D eigenvalue weighted by atomic mass is 16.1. The van der Waals surface area contributed by atoms with Gasteiger partial charge in [0.05, 0.1) is 11.1 Å². The summed E-state index contributed by atoms with van der Waals surface area (Å²) in [5.41, 5.74) is 9.28. The molecule has 0 saturated carbocycles. The first-order valence-electron chi connectivity index (χ1n) is 11.5. The molecular formula is C30H33N3O. The Bertz CT molecular complexity index is 1160. The monoisotopic (exact) mass is 451 g/mol. The average molecular weight is 452 g/mol. The fourth-order valence-electron chi connectivity index (χ4n) is 3.78. The van der Waals surface area contributed by atoms with E-state index in [4.69, 9.17) is 5.73 Å². The lowest BCUT2D eigenvalue weighted by molar-refractivity contribution is 0.0906. The van der Waals surface area contributed by atoms with Gasteiger partial charge in [-0.15, -0.1) is 0 Å². The van der Waals surface area contributed by atoms with Gasteiger partial charge in [-0.3, -0.25) is 14.8 Å². The predicted octanol–water partition coefficient (Wildman–Crippen LogP) is 6.30. The molecule has 0 amide bonds. The largest absolute Gasteiger partial charge is 0.323 e. The molecule has 2 heterocycles. The molecule has 0 saturated heterocycles. The van der Waals surface area contributed by atoms with Crippen LogP contribution in [0.3, 0.4) is 0 Å². The lowest BCUT2D eigenvalue weighted by atomic mass is 9.78. The first kappa shape index (κ1) is 25.0. The van der Waals surface area contributed by atoms with Gasteiger partial charge in [0.2, 0.25) is 0 Å². The quantitative estimate of drug-likeness (QED) is 0.349. The number of hydrogen-bond donors (Lipinski definition) is 1. The highest BCUT2D eigenvalue weighted by Gasteiger charge is 2.32. The third-order valence-corrected chi connectivity index (χ3v) is 6.17. The summed E-state index contributed by atoms with van der Waals surface area (Å²) in [6.07, 6.45) is 3.53. The van der Waals surface area contributed by atoms with E-state index in [1.807, 2.05) is 105 Å². The molecule has 4 nitrogen and oxygen atoms in total. The van der Waals surface area contributed by atoms with Gasteiger partial charge < -0.3 is 5.73 Å². The van der Waals surface area contributed by atoms with Crippen LogP contribution in [-0.4, -0.2) is 15.8 Å². The van der Waals surface area contributed by atoms with E-state index < -0.39 is 5.41 Å². The number of hydrogen-bond acceptors (Lipinski definition) is 4. The van der Waals surface area contributed by atoms with Crippen molar-refractivity contribution in [3.63, 3.8) is 0 Å². The summed E-state index contributed by atoms with van der Waals surface area (Å²) in [5.74, 6) is 0.0943. The Hall–Kier alpha value is -3.63. The molecule has 4 rings (SSSR count). The van der Waals surface area contributed by atoms with Gasteiger partial charge in [-0.2, -0.15) is 0 Å². The minimum absolute atomic E-state index is 0.0569. The summed E-state index contributed by atoms with van der Waals surface area (Å²) in [5, 5.41) is 0. The van der Waals surface area contributed by atoms with E-state index in [1.165, 1.54) is 0 Å². The highest BCUT2D eigenvalue weighted by Crippen LogP contribution is 2.33. The van der Waals surface area contributed by atoms with Gasteiger partial charge in [0.25, 0.3) is 0 Å². The zero-order chi connectivity index (χ0) is 24.6. The molecule has 0 fully saturated rings. The van der Waals surface area contributed by atoms with E-state index in [1.54, 1.807) is 6.20 Å². The van der Waals surface area contributed by atoms with Crippen LogP contribution in [0.15, 0.2) is 109 Å². The van der Waals surface area contributed by atoms with Crippen molar-refractivity contribution in [1.82, 2.24) is 9.97 Å². The van der Waals surface area contributed by atoms with Crippen molar-refractivity contribution in [3.05, 3.63) is 132 Å². The van der Waals surface area contributed by atoms with Crippen LogP contribution in [0, 0.1) is 0 Å². The summed E-state index contributed by atoms with van der Waals surface area (Å²) in [7, 11) is 0. The number of aromatic nitrogens is 2. The Balaban J connectivity index is 0.000000191. The van der Waals surface area contributed by atoms with Crippen molar-refractivity contribution in [2.75, 3.05) is 0 Å². The van der Waals surface area contributed by atoms with Crippen LogP contribution in [0.5, 0.6) is 0 Å². The molecule has 0 spiro atoms.